The topological polar surface area (TPSA) is 26.0 Å². The number of hydrogen-bond acceptors (Lipinski definition) is 2. The van der Waals surface area contributed by atoms with E-state index in [2.05, 4.69) is 4.98 Å². The summed E-state index contributed by atoms with van der Waals surface area (Å²) in [6.07, 6.45) is -4.37. The second-order valence-electron chi connectivity index (χ2n) is 4.87. The van der Waals surface area contributed by atoms with Crippen LogP contribution in [0.3, 0.4) is 0 Å². The van der Waals surface area contributed by atoms with Crippen molar-refractivity contribution in [3.05, 3.63) is 65.9 Å². The van der Waals surface area contributed by atoms with Gasteiger partial charge in [0.1, 0.15) is 5.69 Å². The lowest BCUT2D eigenvalue weighted by Crippen LogP contribution is -2.03. The first-order valence-corrected chi connectivity index (χ1v) is 7.31. The minimum Gasteiger partial charge on any atom is -0.436 e. The Balaban J connectivity index is 2.00. The van der Waals surface area contributed by atoms with Gasteiger partial charge < -0.3 is 4.42 Å². The Morgan fingerprint density at radius 1 is 0.913 bits per heavy atom. The van der Waals surface area contributed by atoms with E-state index in [0.29, 0.717) is 17.0 Å². The minimum absolute atomic E-state index is 0.147. The van der Waals surface area contributed by atoms with Gasteiger partial charge in [-0.15, -0.1) is 11.6 Å². The molecule has 0 fully saturated rings. The van der Waals surface area contributed by atoms with Gasteiger partial charge in [-0.1, -0.05) is 30.3 Å². The molecular weight excluding hydrogens is 327 g/mol. The van der Waals surface area contributed by atoms with Gasteiger partial charge in [0.15, 0.2) is 5.76 Å². The lowest BCUT2D eigenvalue weighted by atomic mass is 10.1. The molecule has 118 valence electrons. The number of benzene rings is 2. The van der Waals surface area contributed by atoms with E-state index in [9.17, 15) is 13.2 Å². The monoisotopic (exact) mass is 337 g/mol. The summed E-state index contributed by atoms with van der Waals surface area (Å²) in [5.41, 5.74) is 1.11. The van der Waals surface area contributed by atoms with Crippen LogP contribution in [0, 0.1) is 0 Å². The first kappa shape index (κ1) is 15.6. The molecule has 6 heteroatoms. The van der Waals surface area contributed by atoms with Crippen LogP contribution in [-0.4, -0.2) is 4.98 Å². The zero-order valence-electron chi connectivity index (χ0n) is 11.8. The molecule has 0 aliphatic carbocycles. The molecule has 1 aromatic heterocycles. The summed E-state index contributed by atoms with van der Waals surface area (Å²) in [4.78, 5) is 4.29. The zero-order chi connectivity index (χ0) is 16.4. The summed E-state index contributed by atoms with van der Waals surface area (Å²) in [5.74, 6) is 0.915. The van der Waals surface area contributed by atoms with E-state index in [1.807, 2.05) is 30.3 Å². The molecule has 0 spiro atoms. The molecule has 0 aliphatic rings. The summed E-state index contributed by atoms with van der Waals surface area (Å²) in [5, 5.41) is 0. The van der Waals surface area contributed by atoms with Crippen molar-refractivity contribution in [3.8, 4) is 22.8 Å². The Hall–Kier alpha value is -2.27. The van der Waals surface area contributed by atoms with Gasteiger partial charge >= 0.3 is 6.18 Å². The molecule has 1 heterocycles. The lowest BCUT2D eigenvalue weighted by Gasteiger charge is -2.06. The molecule has 2 nitrogen and oxygen atoms in total. The number of halogens is 4. The van der Waals surface area contributed by atoms with E-state index in [-0.39, 0.29) is 11.8 Å². The molecule has 0 N–H and O–H groups in total. The van der Waals surface area contributed by atoms with Crippen LogP contribution in [0.1, 0.15) is 11.3 Å². The first-order valence-electron chi connectivity index (χ1n) is 6.78. The summed E-state index contributed by atoms with van der Waals surface area (Å²) in [6, 6.07) is 14.0. The highest BCUT2D eigenvalue weighted by atomic mass is 35.5. The van der Waals surface area contributed by atoms with Crippen molar-refractivity contribution < 1.29 is 17.6 Å². The molecule has 0 amide bonds. The highest BCUT2D eigenvalue weighted by molar-refractivity contribution is 6.17. The summed E-state index contributed by atoms with van der Waals surface area (Å²) in [6.45, 7) is 0. The third-order valence-corrected chi connectivity index (χ3v) is 3.57. The average Bonchev–Trinajstić information content (AvgIpc) is 2.99. The lowest BCUT2D eigenvalue weighted by molar-refractivity contribution is -0.137. The average molecular weight is 338 g/mol. The molecule has 2 aromatic carbocycles. The maximum absolute atomic E-state index is 12.6. The van der Waals surface area contributed by atoms with Gasteiger partial charge in [-0.05, 0) is 24.3 Å². The Bertz CT molecular complexity index is 795. The molecule has 0 radical (unpaired) electrons. The van der Waals surface area contributed by atoms with Crippen LogP contribution >= 0.6 is 11.6 Å². The Kier molecular flexibility index (Phi) is 4.13. The second kappa shape index (κ2) is 6.08. The SMILES string of the molecule is FC(F)(F)c1ccc(-c2nc(CCl)c(-c3ccccc3)o2)cc1. The Morgan fingerprint density at radius 2 is 1.57 bits per heavy atom. The van der Waals surface area contributed by atoms with Gasteiger partial charge in [-0.25, -0.2) is 4.98 Å². The fourth-order valence-electron chi connectivity index (χ4n) is 2.18. The fraction of sp³-hybridized carbons (Fsp3) is 0.118. The third-order valence-electron chi connectivity index (χ3n) is 3.32. The quantitative estimate of drug-likeness (QED) is 0.567. The van der Waals surface area contributed by atoms with Crippen LogP contribution in [0.25, 0.3) is 22.8 Å². The molecule has 0 unspecified atom stereocenters. The van der Waals surface area contributed by atoms with Crippen LogP contribution in [0.5, 0.6) is 0 Å². The molecule has 0 aliphatic heterocycles. The molecule has 0 saturated carbocycles. The van der Waals surface area contributed by atoms with Crippen LogP contribution in [0.4, 0.5) is 13.2 Å². The number of alkyl halides is 4. The van der Waals surface area contributed by atoms with E-state index in [4.69, 9.17) is 16.0 Å². The summed E-state index contributed by atoms with van der Waals surface area (Å²) in [7, 11) is 0. The predicted molar refractivity (Wildman–Crippen MR) is 81.9 cm³/mol. The predicted octanol–water partition coefficient (Wildman–Crippen LogP) is 5.77. The van der Waals surface area contributed by atoms with Gasteiger partial charge in [0, 0.05) is 11.1 Å². The molecule has 23 heavy (non-hydrogen) atoms. The molecule has 3 rings (SSSR count). The molecule has 3 aromatic rings. The fourth-order valence-corrected chi connectivity index (χ4v) is 2.36. The highest BCUT2D eigenvalue weighted by Crippen LogP contribution is 2.33. The van der Waals surface area contributed by atoms with E-state index in [1.54, 1.807) is 0 Å². The van der Waals surface area contributed by atoms with Crippen molar-refractivity contribution >= 4 is 11.6 Å². The van der Waals surface area contributed by atoms with Gasteiger partial charge in [0.2, 0.25) is 5.89 Å². The molecular formula is C17H11ClF3NO. The first-order chi connectivity index (χ1) is 11.0. The molecule has 0 atom stereocenters. The van der Waals surface area contributed by atoms with E-state index in [0.717, 1.165) is 17.7 Å². The van der Waals surface area contributed by atoms with Crippen LogP contribution in [0.15, 0.2) is 59.0 Å². The number of rotatable bonds is 3. The van der Waals surface area contributed by atoms with Gasteiger partial charge in [-0.2, -0.15) is 13.2 Å². The Labute approximate surface area is 135 Å². The van der Waals surface area contributed by atoms with Crippen molar-refractivity contribution in [2.24, 2.45) is 0 Å². The van der Waals surface area contributed by atoms with Crippen molar-refractivity contribution in [1.82, 2.24) is 4.98 Å². The van der Waals surface area contributed by atoms with Crippen molar-refractivity contribution in [1.29, 1.82) is 0 Å². The zero-order valence-corrected chi connectivity index (χ0v) is 12.5. The summed E-state index contributed by atoms with van der Waals surface area (Å²) >= 11 is 5.90. The van der Waals surface area contributed by atoms with Crippen molar-refractivity contribution in [2.45, 2.75) is 12.1 Å². The largest absolute Gasteiger partial charge is 0.436 e. The smallest absolute Gasteiger partial charge is 0.416 e. The normalized spacial score (nSPS) is 11.7. The number of nitrogens with zero attached hydrogens (tertiary/aromatic N) is 1. The third kappa shape index (κ3) is 3.24. The van der Waals surface area contributed by atoms with Crippen LogP contribution in [0.2, 0.25) is 0 Å². The minimum atomic E-state index is -4.37. The highest BCUT2D eigenvalue weighted by Gasteiger charge is 2.30. The van der Waals surface area contributed by atoms with E-state index in [1.165, 1.54) is 12.1 Å². The van der Waals surface area contributed by atoms with E-state index >= 15 is 0 Å². The number of aromatic nitrogens is 1. The summed E-state index contributed by atoms with van der Waals surface area (Å²) < 4.78 is 43.6. The van der Waals surface area contributed by atoms with Crippen LogP contribution < -0.4 is 0 Å². The Morgan fingerprint density at radius 3 is 2.13 bits per heavy atom. The number of oxazole rings is 1. The molecule has 0 saturated heterocycles. The maximum Gasteiger partial charge on any atom is 0.416 e. The number of hydrogen-bond donors (Lipinski definition) is 0. The van der Waals surface area contributed by atoms with Crippen molar-refractivity contribution in [3.63, 3.8) is 0 Å². The van der Waals surface area contributed by atoms with Crippen molar-refractivity contribution in [2.75, 3.05) is 0 Å². The van der Waals surface area contributed by atoms with E-state index < -0.39 is 11.7 Å². The van der Waals surface area contributed by atoms with Gasteiger partial charge in [0.05, 0.1) is 11.4 Å². The van der Waals surface area contributed by atoms with Gasteiger partial charge in [-0.3, -0.25) is 0 Å². The standard InChI is InChI=1S/C17H11ClF3NO/c18-10-14-15(11-4-2-1-3-5-11)23-16(22-14)12-6-8-13(9-7-12)17(19,20)21/h1-9H,10H2. The van der Waals surface area contributed by atoms with Crippen LogP contribution in [-0.2, 0) is 12.1 Å². The second-order valence-corrected chi connectivity index (χ2v) is 5.14. The van der Waals surface area contributed by atoms with Gasteiger partial charge in [0.25, 0.3) is 0 Å². The molecule has 0 bridgehead atoms. The maximum atomic E-state index is 12.6.